The van der Waals surface area contributed by atoms with Gasteiger partial charge in [-0.25, -0.2) is 4.68 Å². The Balaban J connectivity index is 2.56. The first-order valence-electron chi connectivity index (χ1n) is 4.01. The van der Waals surface area contributed by atoms with Crippen molar-refractivity contribution in [2.24, 2.45) is 0 Å². The van der Waals surface area contributed by atoms with Gasteiger partial charge in [-0.3, -0.25) is 0 Å². The Morgan fingerprint density at radius 1 is 1.36 bits per heavy atom. The second-order valence-corrected chi connectivity index (χ2v) is 3.64. The molecule has 0 radical (unpaired) electrons. The van der Waals surface area contributed by atoms with Crippen LogP contribution in [0.3, 0.4) is 0 Å². The van der Waals surface area contributed by atoms with Gasteiger partial charge in [-0.05, 0) is 24.3 Å². The van der Waals surface area contributed by atoms with E-state index in [9.17, 15) is 0 Å². The van der Waals surface area contributed by atoms with Crippen molar-refractivity contribution in [1.29, 1.82) is 5.26 Å². The van der Waals surface area contributed by atoms with Gasteiger partial charge in [0.05, 0.1) is 11.9 Å². The van der Waals surface area contributed by atoms with E-state index in [1.807, 2.05) is 24.3 Å². The average molecular weight is 248 g/mol. The van der Waals surface area contributed by atoms with Crippen molar-refractivity contribution in [2.75, 3.05) is 0 Å². The SMILES string of the molecule is N#Cc1ccnn1-c1cccc(Br)c1. The smallest absolute Gasteiger partial charge is 0.144 e. The summed E-state index contributed by atoms with van der Waals surface area (Å²) in [4.78, 5) is 0. The minimum absolute atomic E-state index is 0.531. The van der Waals surface area contributed by atoms with Gasteiger partial charge in [-0.15, -0.1) is 0 Å². The lowest BCUT2D eigenvalue weighted by molar-refractivity contribution is 0.866. The van der Waals surface area contributed by atoms with E-state index in [0.29, 0.717) is 5.69 Å². The maximum Gasteiger partial charge on any atom is 0.144 e. The van der Waals surface area contributed by atoms with E-state index in [-0.39, 0.29) is 0 Å². The molecule has 0 atom stereocenters. The van der Waals surface area contributed by atoms with Crippen LogP contribution in [0.15, 0.2) is 41.0 Å². The second-order valence-electron chi connectivity index (χ2n) is 2.72. The Labute approximate surface area is 89.7 Å². The summed E-state index contributed by atoms with van der Waals surface area (Å²) in [5.74, 6) is 0. The van der Waals surface area contributed by atoms with Crippen LogP contribution in [0.2, 0.25) is 0 Å². The molecular weight excluding hydrogens is 242 g/mol. The lowest BCUT2D eigenvalue weighted by Gasteiger charge is -2.02. The van der Waals surface area contributed by atoms with E-state index in [4.69, 9.17) is 5.26 Å². The number of aromatic nitrogens is 2. The van der Waals surface area contributed by atoms with E-state index in [2.05, 4.69) is 27.1 Å². The topological polar surface area (TPSA) is 41.6 Å². The van der Waals surface area contributed by atoms with Gasteiger partial charge in [0.1, 0.15) is 11.8 Å². The molecule has 0 aliphatic heterocycles. The molecule has 0 amide bonds. The van der Waals surface area contributed by atoms with Crippen molar-refractivity contribution < 1.29 is 0 Å². The molecule has 1 aromatic heterocycles. The quantitative estimate of drug-likeness (QED) is 0.777. The zero-order valence-corrected chi connectivity index (χ0v) is 8.77. The van der Waals surface area contributed by atoms with Crippen LogP contribution in [0.25, 0.3) is 5.69 Å². The molecule has 0 N–H and O–H groups in total. The molecule has 0 saturated carbocycles. The van der Waals surface area contributed by atoms with Gasteiger partial charge in [0, 0.05) is 4.47 Å². The lowest BCUT2D eigenvalue weighted by Crippen LogP contribution is -1.98. The third-order valence-electron chi connectivity index (χ3n) is 1.81. The number of rotatable bonds is 1. The van der Waals surface area contributed by atoms with Gasteiger partial charge < -0.3 is 0 Å². The van der Waals surface area contributed by atoms with E-state index in [0.717, 1.165) is 10.2 Å². The van der Waals surface area contributed by atoms with Crippen molar-refractivity contribution in [3.63, 3.8) is 0 Å². The standard InChI is InChI=1S/C10H6BrN3/c11-8-2-1-3-9(6-8)14-10(7-12)4-5-13-14/h1-6H. The molecule has 2 rings (SSSR count). The molecule has 2 aromatic rings. The molecular formula is C10H6BrN3. The van der Waals surface area contributed by atoms with Gasteiger partial charge in [-0.1, -0.05) is 22.0 Å². The summed E-state index contributed by atoms with van der Waals surface area (Å²) < 4.78 is 2.57. The van der Waals surface area contributed by atoms with Crippen LogP contribution < -0.4 is 0 Å². The summed E-state index contributed by atoms with van der Waals surface area (Å²) in [5, 5.41) is 12.9. The molecule has 0 unspecified atom stereocenters. The maximum absolute atomic E-state index is 8.82. The Hall–Kier alpha value is -1.60. The van der Waals surface area contributed by atoms with E-state index in [1.54, 1.807) is 16.9 Å². The highest BCUT2D eigenvalue weighted by atomic mass is 79.9. The number of nitriles is 1. The molecule has 0 aliphatic carbocycles. The minimum Gasteiger partial charge on any atom is -0.223 e. The number of hydrogen-bond acceptors (Lipinski definition) is 2. The molecule has 1 heterocycles. The molecule has 0 fully saturated rings. The zero-order chi connectivity index (χ0) is 9.97. The van der Waals surface area contributed by atoms with E-state index < -0.39 is 0 Å². The highest BCUT2D eigenvalue weighted by Crippen LogP contribution is 2.15. The van der Waals surface area contributed by atoms with Crippen molar-refractivity contribution in [3.8, 4) is 11.8 Å². The van der Waals surface area contributed by atoms with Crippen molar-refractivity contribution in [1.82, 2.24) is 9.78 Å². The van der Waals surface area contributed by atoms with Gasteiger partial charge in [0.2, 0.25) is 0 Å². The molecule has 0 spiro atoms. The normalized spacial score (nSPS) is 9.71. The number of hydrogen-bond donors (Lipinski definition) is 0. The Kier molecular flexibility index (Phi) is 2.33. The summed E-state index contributed by atoms with van der Waals surface area (Å²) in [7, 11) is 0. The predicted octanol–water partition coefficient (Wildman–Crippen LogP) is 2.51. The van der Waals surface area contributed by atoms with Crippen LogP contribution in [-0.2, 0) is 0 Å². The Morgan fingerprint density at radius 3 is 2.93 bits per heavy atom. The molecule has 0 bridgehead atoms. The summed E-state index contributed by atoms with van der Waals surface area (Å²) in [6.07, 6.45) is 1.61. The van der Waals surface area contributed by atoms with Crippen molar-refractivity contribution in [2.45, 2.75) is 0 Å². The summed E-state index contributed by atoms with van der Waals surface area (Å²) in [5.41, 5.74) is 1.41. The molecule has 3 nitrogen and oxygen atoms in total. The molecule has 4 heteroatoms. The number of nitrogens with zero attached hydrogens (tertiary/aromatic N) is 3. The summed E-state index contributed by atoms with van der Waals surface area (Å²) >= 11 is 3.37. The molecule has 68 valence electrons. The number of halogens is 1. The van der Waals surface area contributed by atoms with Crippen LogP contribution in [0.5, 0.6) is 0 Å². The lowest BCUT2D eigenvalue weighted by atomic mass is 10.3. The Bertz CT molecular complexity index is 496. The van der Waals surface area contributed by atoms with Crippen LogP contribution >= 0.6 is 15.9 Å². The monoisotopic (exact) mass is 247 g/mol. The van der Waals surface area contributed by atoms with Gasteiger partial charge in [0.15, 0.2) is 0 Å². The summed E-state index contributed by atoms with van der Waals surface area (Å²) in [6, 6.07) is 11.4. The van der Waals surface area contributed by atoms with Crippen LogP contribution in [0.4, 0.5) is 0 Å². The highest BCUT2D eigenvalue weighted by molar-refractivity contribution is 9.10. The molecule has 0 saturated heterocycles. The van der Waals surface area contributed by atoms with E-state index in [1.165, 1.54) is 0 Å². The van der Waals surface area contributed by atoms with Crippen molar-refractivity contribution >= 4 is 15.9 Å². The molecule has 0 aliphatic rings. The second kappa shape index (κ2) is 3.64. The zero-order valence-electron chi connectivity index (χ0n) is 7.18. The first-order valence-corrected chi connectivity index (χ1v) is 4.80. The third kappa shape index (κ3) is 1.54. The first kappa shape index (κ1) is 8.97. The predicted molar refractivity (Wildman–Crippen MR) is 56.0 cm³/mol. The van der Waals surface area contributed by atoms with E-state index >= 15 is 0 Å². The maximum atomic E-state index is 8.82. The van der Waals surface area contributed by atoms with Gasteiger partial charge >= 0.3 is 0 Å². The van der Waals surface area contributed by atoms with Crippen LogP contribution in [0, 0.1) is 11.3 Å². The third-order valence-corrected chi connectivity index (χ3v) is 2.30. The fourth-order valence-electron chi connectivity index (χ4n) is 1.20. The van der Waals surface area contributed by atoms with Crippen LogP contribution in [0.1, 0.15) is 5.69 Å². The van der Waals surface area contributed by atoms with Gasteiger partial charge in [0.25, 0.3) is 0 Å². The Morgan fingerprint density at radius 2 is 2.21 bits per heavy atom. The molecule has 14 heavy (non-hydrogen) atoms. The van der Waals surface area contributed by atoms with Crippen LogP contribution in [-0.4, -0.2) is 9.78 Å². The highest BCUT2D eigenvalue weighted by Gasteiger charge is 2.03. The minimum atomic E-state index is 0.531. The average Bonchev–Trinajstić information content (AvgIpc) is 2.65. The number of benzene rings is 1. The molecule has 1 aromatic carbocycles. The largest absolute Gasteiger partial charge is 0.223 e. The summed E-state index contributed by atoms with van der Waals surface area (Å²) in [6.45, 7) is 0. The fraction of sp³-hybridized carbons (Fsp3) is 0. The van der Waals surface area contributed by atoms with Crippen molar-refractivity contribution in [3.05, 3.63) is 46.7 Å². The fourth-order valence-corrected chi connectivity index (χ4v) is 1.59. The van der Waals surface area contributed by atoms with Gasteiger partial charge in [-0.2, -0.15) is 10.4 Å². The first-order chi connectivity index (χ1) is 6.81.